The van der Waals surface area contributed by atoms with E-state index in [1.165, 1.54) is 6.92 Å². The molecule has 3 heteroatoms. The van der Waals surface area contributed by atoms with Crippen LogP contribution in [0, 0.1) is 0 Å². The molecule has 1 unspecified atom stereocenters. The Bertz CT molecular complexity index is 426. The maximum atomic E-state index is 13.1. The lowest BCUT2D eigenvalue weighted by Crippen LogP contribution is -2.18. The zero-order chi connectivity index (χ0) is 12.3. The van der Waals surface area contributed by atoms with Gasteiger partial charge in [-0.1, -0.05) is 37.1 Å². The first-order chi connectivity index (χ1) is 8.18. The summed E-state index contributed by atoms with van der Waals surface area (Å²) in [6.07, 6.45) is 4.64. The third-order valence-corrected chi connectivity index (χ3v) is 3.60. The number of halogens is 1. The molecule has 2 nitrogen and oxygen atoms in total. The highest BCUT2D eigenvalue weighted by Gasteiger charge is 2.35. The van der Waals surface area contributed by atoms with Crippen LogP contribution >= 0.6 is 0 Å². The van der Waals surface area contributed by atoms with Gasteiger partial charge in [0.05, 0.1) is 5.54 Å². The first kappa shape index (κ1) is 12.0. The zero-order valence-corrected chi connectivity index (χ0v) is 9.95. The molecule has 90 valence electrons. The number of aliphatic imine (C=N–C) groups is 1. The van der Waals surface area contributed by atoms with E-state index in [-0.39, 0.29) is 0 Å². The highest BCUT2D eigenvalue weighted by molar-refractivity contribution is 5.39. The minimum Gasteiger partial charge on any atom is -0.243 e. The molecule has 0 amide bonds. The van der Waals surface area contributed by atoms with E-state index < -0.39 is 11.7 Å². The molecule has 1 aliphatic rings. The quantitative estimate of drug-likeness (QED) is 0.576. The van der Waals surface area contributed by atoms with Gasteiger partial charge in [-0.25, -0.2) is 9.18 Å². The van der Waals surface area contributed by atoms with Crippen molar-refractivity contribution in [3.8, 4) is 0 Å². The Morgan fingerprint density at radius 3 is 2.35 bits per heavy atom. The second kappa shape index (κ2) is 4.80. The number of rotatable bonds is 3. The summed E-state index contributed by atoms with van der Waals surface area (Å²) >= 11 is 0. The monoisotopic (exact) mass is 233 g/mol. The van der Waals surface area contributed by atoms with Gasteiger partial charge in [0.2, 0.25) is 6.08 Å². The van der Waals surface area contributed by atoms with E-state index in [4.69, 9.17) is 0 Å². The van der Waals surface area contributed by atoms with Crippen molar-refractivity contribution < 1.29 is 9.18 Å². The number of alkyl halides is 1. The lowest BCUT2D eigenvalue weighted by molar-refractivity contribution is 0.373. The maximum Gasteiger partial charge on any atom is 0.235 e. The number of carbonyl (C=O) groups excluding carboxylic acids is 1. The van der Waals surface area contributed by atoms with Gasteiger partial charge >= 0.3 is 0 Å². The highest BCUT2D eigenvalue weighted by Crippen LogP contribution is 2.42. The summed E-state index contributed by atoms with van der Waals surface area (Å²) in [5, 5.41) is 0. The SMILES string of the molecule is CC(F)c1ccc(C2(N=C=O)CCCC2)cc1. The first-order valence-electron chi connectivity index (χ1n) is 6.01. The lowest BCUT2D eigenvalue weighted by atomic mass is 9.88. The third kappa shape index (κ3) is 2.29. The van der Waals surface area contributed by atoms with Crippen molar-refractivity contribution >= 4 is 6.08 Å². The van der Waals surface area contributed by atoms with Crippen LogP contribution < -0.4 is 0 Å². The fraction of sp³-hybridized carbons (Fsp3) is 0.500. The van der Waals surface area contributed by atoms with E-state index in [1.807, 2.05) is 12.1 Å². The van der Waals surface area contributed by atoms with Crippen molar-refractivity contribution in [2.45, 2.75) is 44.3 Å². The van der Waals surface area contributed by atoms with Gasteiger partial charge in [0.1, 0.15) is 6.17 Å². The summed E-state index contributed by atoms with van der Waals surface area (Å²) in [7, 11) is 0. The molecule has 17 heavy (non-hydrogen) atoms. The molecule has 1 saturated carbocycles. The van der Waals surface area contributed by atoms with Crippen LogP contribution in [0.5, 0.6) is 0 Å². The zero-order valence-electron chi connectivity index (χ0n) is 9.95. The molecule has 1 aromatic carbocycles. The fourth-order valence-corrected chi connectivity index (χ4v) is 2.57. The van der Waals surface area contributed by atoms with Gasteiger partial charge < -0.3 is 0 Å². The van der Waals surface area contributed by atoms with E-state index in [2.05, 4.69) is 4.99 Å². The molecule has 0 radical (unpaired) electrons. The van der Waals surface area contributed by atoms with Gasteiger partial charge in [-0.05, 0) is 30.9 Å². The summed E-state index contributed by atoms with van der Waals surface area (Å²) in [5.74, 6) is 0. The Kier molecular flexibility index (Phi) is 3.39. The highest BCUT2D eigenvalue weighted by atomic mass is 19.1. The number of nitrogens with zero attached hydrogens (tertiary/aromatic N) is 1. The van der Waals surface area contributed by atoms with Crippen LogP contribution in [0.4, 0.5) is 4.39 Å². The summed E-state index contributed by atoms with van der Waals surface area (Å²) in [6, 6.07) is 7.33. The van der Waals surface area contributed by atoms with Crippen molar-refractivity contribution in [3.05, 3.63) is 35.4 Å². The van der Waals surface area contributed by atoms with Gasteiger partial charge in [0.15, 0.2) is 0 Å². The van der Waals surface area contributed by atoms with Gasteiger partial charge in [-0.2, -0.15) is 4.99 Å². The summed E-state index contributed by atoms with van der Waals surface area (Å²) in [4.78, 5) is 14.6. The number of hydrogen-bond acceptors (Lipinski definition) is 2. The number of hydrogen-bond donors (Lipinski definition) is 0. The van der Waals surface area contributed by atoms with Crippen LogP contribution in [0.15, 0.2) is 29.3 Å². The molecular formula is C14H16FNO. The van der Waals surface area contributed by atoms with Crippen LogP contribution in [-0.2, 0) is 10.3 Å². The molecule has 1 aliphatic carbocycles. The normalized spacial score (nSPS) is 19.6. The molecular weight excluding hydrogens is 217 g/mol. The summed E-state index contributed by atoms with van der Waals surface area (Å²) in [5.41, 5.74) is 1.26. The summed E-state index contributed by atoms with van der Waals surface area (Å²) in [6.45, 7) is 1.52. The molecule has 1 aromatic rings. The Balaban J connectivity index is 2.34. The van der Waals surface area contributed by atoms with Crippen LogP contribution in [0.3, 0.4) is 0 Å². The predicted octanol–water partition coefficient (Wildman–Crippen LogP) is 3.82. The molecule has 0 bridgehead atoms. The first-order valence-corrected chi connectivity index (χ1v) is 6.01. The largest absolute Gasteiger partial charge is 0.243 e. The van der Waals surface area contributed by atoms with Crippen molar-refractivity contribution in [2.75, 3.05) is 0 Å². The van der Waals surface area contributed by atoms with E-state index in [9.17, 15) is 9.18 Å². The molecule has 2 rings (SSSR count). The number of benzene rings is 1. The van der Waals surface area contributed by atoms with Gasteiger partial charge in [-0.15, -0.1) is 0 Å². The predicted molar refractivity (Wildman–Crippen MR) is 64.2 cm³/mol. The molecule has 1 fully saturated rings. The topological polar surface area (TPSA) is 29.4 Å². The van der Waals surface area contributed by atoms with E-state index in [0.717, 1.165) is 31.2 Å². The maximum absolute atomic E-state index is 13.1. The van der Waals surface area contributed by atoms with E-state index in [1.54, 1.807) is 18.2 Å². The second-order valence-corrected chi connectivity index (χ2v) is 4.68. The van der Waals surface area contributed by atoms with Gasteiger partial charge in [0.25, 0.3) is 0 Å². The smallest absolute Gasteiger partial charge is 0.235 e. The van der Waals surface area contributed by atoms with Crippen molar-refractivity contribution in [3.63, 3.8) is 0 Å². The minimum absolute atomic E-state index is 0.403. The molecule has 0 saturated heterocycles. The average Bonchev–Trinajstić information content (AvgIpc) is 2.79. The Morgan fingerprint density at radius 2 is 1.88 bits per heavy atom. The van der Waals surface area contributed by atoms with Crippen LogP contribution in [0.1, 0.15) is 49.9 Å². The third-order valence-electron chi connectivity index (χ3n) is 3.60. The van der Waals surface area contributed by atoms with Crippen molar-refractivity contribution in [2.24, 2.45) is 4.99 Å². The Labute approximate surface area is 101 Å². The molecule has 0 aliphatic heterocycles. The molecule has 1 atom stereocenters. The van der Waals surface area contributed by atoms with Crippen molar-refractivity contribution in [1.29, 1.82) is 0 Å². The molecule has 0 heterocycles. The van der Waals surface area contributed by atoms with Crippen LogP contribution in [0.25, 0.3) is 0 Å². The van der Waals surface area contributed by atoms with E-state index >= 15 is 0 Å². The molecule has 0 aromatic heterocycles. The van der Waals surface area contributed by atoms with Crippen LogP contribution in [-0.4, -0.2) is 6.08 Å². The standard InChI is InChI=1S/C14H16FNO/c1-11(15)12-4-6-13(7-5-12)14(16-10-17)8-2-3-9-14/h4-7,11H,2-3,8-9H2,1H3. The van der Waals surface area contributed by atoms with Crippen LogP contribution in [0.2, 0.25) is 0 Å². The van der Waals surface area contributed by atoms with E-state index in [0.29, 0.717) is 5.56 Å². The lowest BCUT2D eigenvalue weighted by Gasteiger charge is -2.23. The van der Waals surface area contributed by atoms with Gasteiger partial charge in [-0.3, -0.25) is 0 Å². The number of isocyanates is 1. The fourth-order valence-electron chi connectivity index (χ4n) is 2.57. The average molecular weight is 233 g/mol. The molecule has 0 N–H and O–H groups in total. The second-order valence-electron chi connectivity index (χ2n) is 4.68. The van der Waals surface area contributed by atoms with Gasteiger partial charge in [0, 0.05) is 0 Å². The summed E-state index contributed by atoms with van der Waals surface area (Å²) < 4.78 is 13.1. The Morgan fingerprint density at radius 1 is 1.29 bits per heavy atom. The molecule has 0 spiro atoms. The minimum atomic E-state index is -0.960. The Hall–Kier alpha value is -1.47. The van der Waals surface area contributed by atoms with Crippen molar-refractivity contribution in [1.82, 2.24) is 0 Å².